The van der Waals surface area contributed by atoms with Crippen LogP contribution >= 0.6 is 0 Å². The van der Waals surface area contributed by atoms with Gasteiger partial charge in [0.15, 0.2) is 0 Å². The highest BCUT2D eigenvalue weighted by molar-refractivity contribution is 5.59. The van der Waals surface area contributed by atoms with E-state index in [0.717, 1.165) is 0 Å². The zero-order valence-electron chi connectivity index (χ0n) is 10.3. The van der Waals surface area contributed by atoms with E-state index in [1.54, 1.807) is 13.1 Å². The Hall–Kier alpha value is -1.71. The molecule has 0 saturated carbocycles. The number of alkyl halides is 1. The van der Waals surface area contributed by atoms with Crippen molar-refractivity contribution >= 4 is 12.2 Å². The average molecular weight is 226 g/mol. The minimum Gasteiger partial charge on any atom is -0.302 e. The second kappa shape index (κ2) is 9.83. The molecule has 0 radical (unpaired) electrons. The lowest BCUT2D eigenvalue weighted by atomic mass is 10.2. The molecular weight excluding hydrogens is 207 g/mol. The first-order chi connectivity index (χ1) is 7.70. The van der Waals surface area contributed by atoms with Crippen LogP contribution in [-0.4, -0.2) is 16.7 Å². The molecule has 0 atom stereocenters. The predicted molar refractivity (Wildman–Crippen MR) is 68.0 cm³/mol. The average Bonchev–Trinajstić information content (AvgIpc) is 2.37. The third kappa shape index (κ3) is 4.21. The highest BCUT2D eigenvalue weighted by Crippen LogP contribution is 2.01. The molecule has 0 aliphatic heterocycles. The normalized spacial score (nSPS) is 7.81. The van der Waals surface area contributed by atoms with Gasteiger partial charge in [-0.1, -0.05) is 33.1 Å². The number of hydrogen-bond acceptors (Lipinski definition) is 2. The summed E-state index contributed by atoms with van der Waals surface area (Å²) in [4.78, 5) is 15.4. The number of hydrogen-bond donors (Lipinski definition) is 0. The zero-order valence-corrected chi connectivity index (χ0v) is 10.3. The van der Waals surface area contributed by atoms with E-state index in [1.807, 2.05) is 13.8 Å². The van der Waals surface area contributed by atoms with Gasteiger partial charge in [-0.05, 0) is 6.08 Å². The van der Waals surface area contributed by atoms with Gasteiger partial charge in [0.1, 0.15) is 0 Å². The molecule has 16 heavy (non-hydrogen) atoms. The fraction of sp³-hybridized carbons (Fsp3) is 0.333. The topological polar surface area (TPSA) is 34.9 Å². The first-order valence-corrected chi connectivity index (χ1v) is 4.89. The number of halogens is 1. The lowest BCUT2D eigenvalue weighted by Crippen LogP contribution is -2.20. The van der Waals surface area contributed by atoms with Crippen LogP contribution in [0.3, 0.4) is 0 Å². The van der Waals surface area contributed by atoms with Gasteiger partial charge in [-0.3, -0.25) is 9.18 Å². The zero-order chi connectivity index (χ0) is 13.1. The van der Waals surface area contributed by atoms with Crippen LogP contribution in [-0.2, 0) is 7.05 Å². The number of aromatic nitrogens is 2. The lowest BCUT2D eigenvalue weighted by molar-refractivity contribution is 0.636. The summed E-state index contributed by atoms with van der Waals surface area (Å²) in [6, 6.07) is 0. The van der Waals surface area contributed by atoms with Crippen LogP contribution < -0.4 is 5.56 Å². The summed E-state index contributed by atoms with van der Waals surface area (Å²) in [5.41, 5.74) is 0.970. The Kier molecular flexibility index (Phi) is 10.3. The van der Waals surface area contributed by atoms with Gasteiger partial charge < -0.3 is 4.57 Å². The van der Waals surface area contributed by atoms with Crippen LogP contribution in [0.1, 0.15) is 25.1 Å². The highest BCUT2D eigenvalue weighted by atomic mass is 19.1. The summed E-state index contributed by atoms with van der Waals surface area (Å²) in [6.45, 7) is 11.1. The summed E-state index contributed by atoms with van der Waals surface area (Å²) in [5, 5.41) is 0. The first-order valence-electron chi connectivity index (χ1n) is 4.89. The maximum absolute atomic E-state index is 11.4. The summed E-state index contributed by atoms with van der Waals surface area (Å²) < 4.78 is 10.9. The minimum atomic E-state index is -0.102. The molecule has 0 aliphatic rings. The molecule has 0 aliphatic carbocycles. The largest absolute Gasteiger partial charge is 0.302 e. The van der Waals surface area contributed by atoms with Crippen LogP contribution in [0, 0.1) is 0 Å². The van der Waals surface area contributed by atoms with Crippen molar-refractivity contribution in [3.05, 3.63) is 41.1 Å². The molecular formula is C12H19FN2O. The van der Waals surface area contributed by atoms with Gasteiger partial charge in [0.2, 0.25) is 0 Å². The Morgan fingerprint density at radius 2 is 1.81 bits per heavy atom. The van der Waals surface area contributed by atoms with Crippen molar-refractivity contribution in [2.45, 2.75) is 13.8 Å². The van der Waals surface area contributed by atoms with Gasteiger partial charge in [-0.2, -0.15) is 0 Å². The van der Waals surface area contributed by atoms with Crippen LogP contribution in [0.2, 0.25) is 0 Å². The number of rotatable bonds is 2. The van der Waals surface area contributed by atoms with Crippen molar-refractivity contribution in [1.29, 1.82) is 0 Å². The molecule has 0 unspecified atom stereocenters. The monoisotopic (exact) mass is 226 g/mol. The Labute approximate surface area is 96.0 Å². The molecule has 0 spiro atoms. The molecule has 0 bridgehead atoms. The van der Waals surface area contributed by atoms with Crippen LogP contribution in [0.5, 0.6) is 0 Å². The van der Waals surface area contributed by atoms with Gasteiger partial charge in [-0.15, -0.1) is 0 Å². The van der Waals surface area contributed by atoms with E-state index in [-0.39, 0.29) is 5.56 Å². The third-order valence-electron chi connectivity index (χ3n) is 1.59. The fourth-order valence-corrected chi connectivity index (χ4v) is 0.925. The van der Waals surface area contributed by atoms with Gasteiger partial charge in [-0.25, -0.2) is 4.98 Å². The molecule has 4 heteroatoms. The van der Waals surface area contributed by atoms with Gasteiger partial charge in [0.25, 0.3) is 5.56 Å². The van der Waals surface area contributed by atoms with Crippen molar-refractivity contribution in [3.63, 3.8) is 0 Å². The van der Waals surface area contributed by atoms with Crippen LogP contribution in [0.15, 0.2) is 24.3 Å². The molecule has 1 aromatic heterocycles. The Morgan fingerprint density at radius 3 is 2.19 bits per heavy atom. The summed E-state index contributed by atoms with van der Waals surface area (Å²) in [6.07, 6.45) is 4.50. The van der Waals surface area contributed by atoms with Gasteiger partial charge >= 0.3 is 0 Å². The number of nitrogens with zero attached hydrogens (tertiary/aromatic N) is 2. The van der Waals surface area contributed by atoms with E-state index in [1.165, 1.54) is 17.0 Å². The maximum atomic E-state index is 11.4. The summed E-state index contributed by atoms with van der Waals surface area (Å²) in [5.74, 6) is 0. The molecule has 90 valence electrons. The van der Waals surface area contributed by atoms with Crippen molar-refractivity contribution in [2.75, 3.05) is 7.18 Å². The predicted octanol–water partition coefficient (Wildman–Crippen LogP) is 2.68. The van der Waals surface area contributed by atoms with Crippen molar-refractivity contribution < 1.29 is 4.39 Å². The molecule has 3 nitrogen and oxygen atoms in total. The standard InChI is InChI=1S/C9H10N2O.C2H6.CH3F/c1-4-7-8(5-2)10-6-11(3)9(7)12;2*1-2/h4-6H,1-2H2,3H3;1-2H3;1H3. The van der Waals surface area contributed by atoms with Crippen molar-refractivity contribution in [1.82, 2.24) is 9.55 Å². The summed E-state index contributed by atoms with van der Waals surface area (Å²) in [7, 11) is 2.15. The smallest absolute Gasteiger partial charge is 0.260 e. The van der Waals surface area contributed by atoms with E-state index < -0.39 is 0 Å². The van der Waals surface area contributed by atoms with E-state index >= 15 is 0 Å². The van der Waals surface area contributed by atoms with Gasteiger partial charge in [0.05, 0.1) is 24.8 Å². The molecule has 1 heterocycles. The lowest BCUT2D eigenvalue weighted by Gasteiger charge is -2.00. The number of aryl methyl sites for hydroxylation is 1. The van der Waals surface area contributed by atoms with Crippen molar-refractivity contribution in [3.8, 4) is 0 Å². The summed E-state index contributed by atoms with van der Waals surface area (Å²) >= 11 is 0. The molecule has 0 saturated heterocycles. The van der Waals surface area contributed by atoms with E-state index in [0.29, 0.717) is 18.4 Å². The molecule has 0 amide bonds. The Bertz CT molecular complexity index is 383. The van der Waals surface area contributed by atoms with Crippen molar-refractivity contribution in [2.24, 2.45) is 7.05 Å². The maximum Gasteiger partial charge on any atom is 0.260 e. The van der Waals surface area contributed by atoms with Crippen LogP contribution in [0.25, 0.3) is 12.2 Å². The van der Waals surface area contributed by atoms with Gasteiger partial charge in [0, 0.05) is 7.05 Å². The molecule has 1 rings (SSSR count). The second-order valence-corrected chi connectivity index (χ2v) is 2.37. The van der Waals surface area contributed by atoms with E-state index in [2.05, 4.69) is 18.1 Å². The Balaban J connectivity index is 0. The van der Waals surface area contributed by atoms with E-state index in [9.17, 15) is 9.18 Å². The molecule has 0 aromatic carbocycles. The first kappa shape index (κ1) is 16.7. The van der Waals surface area contributed by atoms with Crippen LogP contribution in [0.4, 0.5) is 4.39 Å². The molecule has 1 aromatic rings. The SMILES string of the molecule is C=Cc1ncn(C)c(=O)c1C=C.CC.CF. The fourth-order valence-electron chi connectivity index (χ4n) is 0.925. The molecule has 0 N–H and O–H groups in total. The van der Waals surface area contributed by atoms with E-state index in [4.69, 9.17) is 0 Å². The molecule has 0 fully saturated rings. The quantitative estimate of drug-likeness (QED) is 0.777. The second-order valence-electron chi connectivity index (χ2n) is 2.37. The minimum absolute atomic E-state index is 0.102. The highest BCUT2D eigenvalue weighted by Gasteiger charge is 2.02. The third-order valence-corrected chi connectivity index (χ3v) is 1.59. The Morgan fingerprint density at radius 1 is 1.31 bits per heavy atom.